The number of carbonyl (C=O) groups is 1. The number of ether oxygens (including phenoxy) is 1. The van der Waals surface area contributed by atoms with E-state index in [1.54, 1.807) is 23.0 Å². The van der Waals surface area contributed by atoms with Crippen LogP contribution in [0, 0.1) is 6.92 Å². The van der Waals surface area contributed by atoms with E-state index < -0.39 is 0 Å². The number of aryl methyl sites for hydroxylation is 1. The van der Waals surface area contributed by atoms with E-state index in [1.807, 2.05) is 36.5 Å². The maximum Gasteiger partial charge on any atom is 0.244 e. The summed E-state index contributed by atoms with van der Waals surface area (Å²) >= 11 is 0. The van der Waals surface area contributed by atoms with Crippen molar-refractivity contribution in [2.24, 2.45) is 0 Å². The minimum Gasteiger partial charge on any atom is -0.370 e. The number of quaternary nitrogens is 1. The summed E-state index contributed by atoms with van der Waals surface area (Å²) in [6.45, 7) is 6.39. The number of hydrogen-bond acceptors (Lipinski definition) is 3. The van der Waals surface area contributed by atoms with E-state index in [2.05, 4.69) is 41.6 Å². The van der Waals surface area contributed by atoms with Crippen LogP contribution in [0.3, 0.4) is 0 Å². The first-order chi connectivity index (χ1) is 15.2. The molecule has 1 aromatic heterocycles. The van der Waals surface area contributed by atoms with Crippen LogP contribution in [-0.4, -0.2) is 48.5 Å². The van der Waals surface area contributed by atoms with Crippen molar-refractivity contribution < 1.29 is 14.4 Å². The number of benzene rings is 2. The second-order valence-corrected chi connectivity index (χ2v) is 7.93. The molecular formula is C25H29N4O2+. The zero-order valence-corrected chi connectivity index (χ0v) is 17.8. The number of amides is 1. The van der Waals surface area contributed by atoms with E-state index in [0.29, 0.717) is 0 Å². The van der Waals surface area contributed by atoms with Crippen LogP contribution in [-0.2, 0) is 9.53 Å². The summed E-state index contributed by atoms with van der Waals surface area (Å²) in [5.41, 5.74) is 4.20. The number of para-hydroxylation sites is 1. The summed E-state index contributed by atoms with van der Waals surface area (Å²) in [6, 6.07) is 18.3. The molecule has 6 nitrogen and oxygen atoms in total. The molecule has 31 heavy (non-hydrogen) atoms. The van der Waals surface area contributed by atoms with Gasteiger partial charge in [-0.15, -0.1) is 0 Å². The minimum absolute atomic E-state index is 0.0436. The number of carbonyl (C=O) groups excluding carboxylic acids is 1. The van der Waals surface area contributed by atoms with Crippen molar-refractivity contribution in [2.75, 3.05) is 32.8 Å². The maximum atomic E-state index is 12.7. The fourth-order valence-electron chi connectivity index (χ4n) is 3.74. The average Bonchev–Trinajstić information content (AvgIpc) is 3.28. The number of morpholine rings is 1. The largest absolute Gasteiger partial charge is 0.370 e. The van der Waals surface area contributed by atoms with Gasteiger partial charge in [0.2, 0.25) is 5.91 Å². The topological polar surface area (TPSA) is 60.6 Å². The molecule has 1 fully saturated rings. The quantitative estimate of drug-likeness (QED) is 0.578. The van der Waals surface area contributed by atoms with Crippen molar-refractivity contribution in [1.82, 2.24) is 15.1 Å². The van der Waals surface area contributed by atoms with E-state index in [4.69, 9.17) is 4.74 Å². The lowest BCUT2D eigenvalue weighted by Crippen LogP contribution is -3.14. The Kier molecular flexibility index (Phi) is 6.92. The molecule has 1 aliphatic heterocycles. The Morgan fingerprint density at radius 2 is 1.90 bits per heavy atom. The zero-order chi connectivity index (χ0) is 21.5. The third-order valence-electron chi connectivity index (χ3n) is 5.54. The minimum atomic E-state index is -0.106. The molecule has 2 N–H and O–H groups in total. The number of rotatable bonds is 7. The normalized spacial score (nSPS) is 15.8. The van der Waals surface area contributed by atoms with Crippen molar-refractivity contribution in [1.29, 1.82) is 0 Å². The van der Waals surface area contributed by atoms with Gasteiger partial charge in [-0.3, -0.25) is 4.79 Å². The van der Waals surface area contributed by atoms with Gasteiger partial charge in [0.1, 0.15) is 25.7 Å². The first kappa shape index (κ1) is 21.0. The molecule has 0 radical (unpaired) electrons. The van der Waals surface area contributed by atoms with Gasteiger partial charge in [0, 0.05) is 17.8 Å². The molecule has 160 valence electrons. The second kappa shape index (κ2) is 10.2. The Morgan fingerprint density at radius 1 is 1.16 bits per heavy atom. The highest BCUT2D eigenvalue weighted by molar-refractivity contribution is 5.91. The molecule has 0 bridgehead atoms. The standard InChI is InChI=1S/C25H28N4O2/c1-20-7-10-22(11-8-20)24(19-28-13-15-31-16-14-28)27-25(30)12-9-21-17-26-29(18-21)23-5-3-2-4-6-23/h2-12,17-18,24H,13-16,19H2,1H3,(H,27,30)/p+1/b12-9+/t24-/m1/s1. The van der Waals surface area contributed by atoms with Crippen LogP contribution in [0.25, 0.3) is 11.8 Å². The third-order valence-corrected chi connectivity index (χ3v) is 5.54. The van der Waals surface area contributed by atoms with E-state index in [1.165, 1.54) is 10.5 Å². The van der Waals surface area contributed by atoms with Crippen LogP contribution in [0.1, 0.15) is 22.7 Å². The van der Waals surface area contributed by atoms with Gasteiger partial charge >= 0.3 is 0 Å². The Hall–Kier alpha value is -3.22. The highest BCUT2D eigenvalue weighted by Gasteiger charge is 2.22. The van der Waals surface area contributed by atoms with Gasteiger partial charge < -0.3 is 15.0 Å². The molecule has 2 aromatic carbocycles. The highest BCUT2D eigenvalue weighted by atomic mass is 16.5. The summed E-state index contributed by atoms with van der Waals surface area (Å²) in [7, 11) is 0. The molecule has 0 unspecified atom stereocenters. The zero-order valence-electron chi connectivity index (χ0n) is 17.8. The maximum absolute atomic E-state index is 12.7. The number of nitrogens with one attached hydrogen (secondary N) is 2. The first-order valence-electron chi connectivity index (χ1n) is 10.7. The predicted octanol–water partition coefficient (Wildman–Crippen LogP) is 1.97. The van der Waals surface area contributed by atoms with Crippen molar-refractivity contribution >= 4 is 12.0 Å². The van der Waals surface area contributed by atoms with Crippen molar-refractivity contribution in [3.63, 3.8) is 0 Å². The molecule has 0 aliphatic carbocycles. The predicted molar refractivity (Wildman–Crippen MR) is 121 cm³/mol. The Labute approximate surface area is 183 Å². The number of aromatic nitrogens is 2. The van der Waals surface area contributed by atoms with Crippen LogP contribution in [0.5, 0.6) is 0 Å². The molecule has 3 aromatic rings. The summed E-state index contributed by atoms with van der Waals surface area (Å²) < 4.78 is 7.28. The van der Waals surface area contributed by atoms with Gasteiger partial charge in [0.05, 0.1) is 25.1 Å². The Balaban J connectivity index is 1.43. The lowest BCUT2D eigenvalue weighted by atomic mass is 10.0. The summed E-state index contributed by atoms with van der Waals surface area (Å²) in [4.78, 5) is 14.2. The molecule has 1 atom stereocenters. The summed E-state index contributed by atoms with van der Waals surface area (Å²) in [5.74, 6) is -0.106. The second-order valence-electron chi connectivity index (χ2n) is 7.93. The van der Waals surface area contributed by atoms with Crippen molar-refractivity contribution in [3.8, 4) is 5.69 Å². The number of nitrogens with zero attached hydrogens (tertiary/aromatic N) is 2. The molecule has 0 spiro atoms. The Bertz CT molecular complexity index is 1010. The van der Waals surface area contributed by atoms with Gasteiger partial charge in [-0.2, -0.15) is 5.10 Å². The van der Waals surface area contributed by atoms with Crippen LogP contribution >= 0.6 is 0 Å². The van der Waals surface area contributed by atoms with Gasteiger partial charge in [0.15, 0.2) is 0 Å². The van der Waals surface area contributed by atoms with E-state index >= 15 is 0 Å². The fraction of sp³-hybridized carbons (Fsp3) is 0.280. The van der Waals surface area contributed by atoms with Gasteiger partial charge in [-0.05, 0) is 30.7 Å². The van der Waals surface area contributed by atoms with E-state index in [-0.39, 0.29) is 11.9 Å². The van der Waals surface area contributed by atoms with E-state index in [0.717, 1.165) is 49.7 Å². The molecule has 1 aliphatic rings. The monoisotopic (exact) mass is 417 g/mol. The summed E-state index contributed by atoms with van der Waals surface area (Å²) in [6.07, 6.45) is 7.05. The van der Waals surface area contributed by atoms with Crippen LogP contribution in [0.2, 0.25) is 0 Å². The fourth-order valence-corrected chi connectivity index (χ4v) is 3.74. The molecular weight excluding hydrogens is 388 g/mol. The average molecular weight is 418 g/mol. The molecule has 6 heteroatoms. The van der Waals surface area contributed by atoms with Crippen LogP contribution < -0.4 is 10.2 Å². The Morgan fingerprint density at radius 3 is 2.65 bits per heavy atom. The summed E-state index contributed by atoms with van der Waals surface area (Å²) in [5, 5.41) is 7.57. The first-order valence-corrected chi connectivity index (χ1v) is 10.7. The van der Waals surface area contributed by atoms with Crippen LogP contribution in [0.15, 0.2) is 73.1 Å². The molecule has 0 saturated carbocycles. The molecule has 4 rings (SSSR count). The van der Waals surface area contributed by atoms with E-state index in [9.17, 15) is 4.79 Å². The third kappa shape index (κ3) is 5.90. The highest BCUT2D eigenvalue weighted by Crippen LogP contribution is 2.13. The van der Waals surface area contributed by atoms with Crippen LogP contribution in [0.4, 0.5) is 0 Å². The molecule has 1 saturated heterocycles. The SMILES string of the molecule is Cc1ccc([C@@H](C[NH+]2CCOCC2)NC(=O)/C=C/c2cnn(-c3ccccc3)c2)cc1. The van der Waals surface area contributed by atoms with Crippen molar-refractivity contribution in [3.05, 3.63) is 89.8 Å². The van der Waals surface area contributed by atoms with Crippen molar-refractivity contribution in [2.45, 2.75) is 13.0 Å². The molecule has 1 amide bonds. The van der Waals surface area contributed by atoms with Gasteiger partial charge in [0.25, 0.3) is 0 Å². The lowest BCUT2D eigenvalue weighted by molar-refractivity contribution is -0.909. The number of hydrogen-bond donors (Lipinski definition) is 2. The van der Waals surface area contributed by atoms with Gasteiger partial charge in [-0.1, -0.05) is 48.0 Å². The van der Waals surface area contributed by atoms with Gasteiger partial charge in [-0.25, -0.2) is 4.68 Å². The molecule has 2 heterocycles. The lowest BCUT2D eigenvalue weighted by Gasteiger charge is -2.28. The smallest absolute Gasteiger partial charge is 0.244 e.